The molecule has 0 aliphatic heterocycles. The molecule has 27 heavy (non-hydrogen) atoms. The normalized spacial score (nSPS) is 10.7. The molecule has 3 aromatic rings. The summed E-state index contributed by atoms with van der Waals surface area (Å²) in [5.41, 5.74) is 2.26. The number of ether oxygens (including phenoxy) is 2. The first-order chi connectivity index (χ1) is 13.2. The third kappa shape index (κ3) is 5.82. The van der Waals surface area contributed by atoms with Gasteiger partial charge < -0.3 is 19.3 Å². The molecule has 1 heterocycles. The zero-order chi connectivity index (χ0) is 18.9. The Morgan fingerprint density at radius 2 is 1.85 bits per heavy atom. The van der Waals surface area contributed by atoms with Crippen molar-refractivity contribution in [1.29, 1.82) is 0 Å². The lowest BCUT2D eigenvalue weighted by Gasteiger charge is -2.14. The Morgan fingerprint density at radius 3 is 2.59 bits per heavy atom. The number of nitrogens with one attached hydrogen (secondary N) is 1. The van der Waals surface area contributed by atoms with Crippen LogP contribution in [0.1, 0.15) is 29.8 Å². The lowest BCUT2D eigenvalue weighted by molar-refractivity contribution is 0.269. The summed E-state index contributed by atoms with van der Waals surface area (Å²) in [5, 5.41) is 7.17. The molecule has 0 aliphatic carbocycles. The summed E-state index contributed by atoms with van der Waals surface area (Å²) in [5.74, 6) is 2.84. The van der Waals surface area contributed by atoms with E-state index in [2.05, 4.69) is 15.5 Å². The highest BCUT2D eigenvalue weighted by atomic mass is 16.5. The van der Waals surface area contributed by atoms with Crippen molar-refractivity contribution in [3.63, 3.8) is 0 Å². The second-order valence-electron chi connectivity index (χ2n) is 6.15. The van der Waals surface area contributed by atoms with Crippen molar-refractivity contribution in [2.24, 2.45) is 0 Å². The molecule has 0 aliphatic rings. The summed E-state index contributed by atoms with van der Waals surface area (Å²) < 4.78 is 16.8. The molecular weight excluding hydrogens is 342 g/mol. The summed E-state index contributed by atoms with van der Waals surface area (Å²) in [6, 6.07) is 16.1. The van der Waals surface area contributed by atoms with Gasteiger partial charge in [0.05, 0.1) is 6.61 Å². The van der Waals surface area contributed by atoms with Crippen molar-refractivity contribution in [3.8, 4) is 11.5 Å². The van der Waals surface area contributed by atoms with Crippen LogP contribution in [-0.2, 0) is 19.6 Å². The Bertz CT molecular complexity index is 834. The maximum absolute atomic E-state index is 5.94. The van der Waals surface area contributed by atoms with Crippen molar-refractivity contribution in [2.75, 3.05) is 13.2 Å². The summed E-state index contributed by atoms with van der Waals surface area (Å²) in [4.78, 5) is 4.20. The van der Waals surface area contributed by atoms with Gasteiger partial charge in [-0.05, 0) is 37.1 Å². The Kier molecular flexibility index (Phi) is 6.82. The molecule has 0 spiro atoms. The number of aromatic nitrogens is 2. The van der Waals surface area contributed by atoms with Gasteiger partial charge in [0.25, 0.3) is 0 Å². The van der Waals surface area contributed by atoms with E-state index in [9.17, 15) is 0 Å². The van der Waals surface area contributed by atoms with E-state index in [1.807, 2.05) is 62.4 Å². The minimum atomic E-state index is 0.516. The van der Waals surface area contributed by atoms with Crippen LogP contribution in [0.15, 0.2) is 53.1 Å². The second kappa shape index (κ2) is 9.73. The molecule has 0 saturated heterocycles. The van der Waals surface area contributed by atoms with Gasteiger partial charge in [0.1, 0.15) is 6.61 Å². The van der Waals surface area contributed by atoms with Crippen molar-refractivity contribution in [3.05, 3.63) is 71.4 Å². The van der Waals surface area contributed by atoms with Gasteiger partial charge in [-0.2, -0.15) is 4.98 Å². The number of benzene rings is 2. The Labute approximate surface area is 159 Å². The SMILES string of the molecule is CCOc1cc(CNCCc2nc(C)no2)ccc1OCc1ccccc1. The highest BCUT2D eigenvalue weighted by Crippen LogP contribution is 2.29. The quantitative estimate of drug-likeness (QED) is 0.551. The van der Waals surface area contributed by atoms with Gasteiger partial charge in [-0.25, -0.2) is 0 Å². The third-order valence-corrected chi connectivity index (χ3v) is 3.96. The molecule has 1 aromatic heterocycles. The predicted molar refractivity (Wildman–Crippen MR) is 103 cm³/mol. The highest BCUT2D eigenvalue weighted by molar-refractivity contribution is 5.43. The Hall–Kier alpha value is -2.86. The molecule has 0 saturated carbocycles. The first kappa shape index (κ1) is 18.9. The molecule has 2 aromatic carbocycles. The molecule has 142 valence electrons. The molecule has 3 rings (SSSR count). The zero-order valence-electron chi connectivity index (χ0n) is 15.8. The predicted octanol–water partition coefficient (Wildman–Crippen LogP) is 3.69. The highest BCUT2D eigenvalue weighted by Gasteiger charge is 2.08. The van der Waals surface area contributed by atoms with E-state index in [1.165, 1.54) is 0 Å². The van der Waals surface area contributed by atoms with Crippen LogP contribution in [0.2, 0.25) is 0 Å². The van der Waals surface area contributed by atoms with Crippen LogP contribution in [-0.4, -0.2) is 23.3 Å². The fourth-order valence-corrected chi connectivity index (χ4v) is 2.65. The number of rotatable bonds is 10. The van der Waals surface area contributed by atoms with Crippen LogP contribution in [0.4, 0.5) is 0 Å². The van der Waals surface area contributed by atoms with Gasteiger partial charge in [-0.1, -0.05) is 41.6 Å². The number of aryl methyl sites for hydroxylation is 1. The minimum Gasteiger partial charge on any atom is -0.490 e. The van der Waals surface area contributed by atoms with Gasteiger partial charge in [-0.15, -0.1) is 0 Å². The molecule has 1 N–H and O–H groups in total. The maximum atomic E-state index is 5.94. The lowest BCUT2D eigenvalue weighted by Crippen LogP contribution is -2.17. The summed E-state index contributed by atoms with van der Waals surface area (Å²) >= 11 is 0. The molecule has 0 amide bonds. The molecule has 0 atom stereocenters. The van der Waals surface area contributed by atoms with E-state index in [0.29, 0.717) is 31.3 Å². The van der Waals surface area contributed by atoms with Crippen molar-refractivity contribution in [2.45, 2.75) is 33.4 Å². The average Bonchev–Trinajstić information content (AvgIpc) is 3.11. The van der Waals surface area contributed by atoms with Crippen LogP contribution in [0, 0.1) is 6.92 Å². The fraction of sp³-hybridized carbons (Fsp3) is 0.333. The Balaban J connectivity index is 1.54. The van der Waals surface area contributed by atoms with Crippen LogP contribution in [0.25, 0.3) is 0 Å². The third-order valence-electron chi connectivity index (χ3n) is 3.96. The topological polar surface area (TPSA) is 69.4 Å². The van der Waals surface area contributed by atoms with Crippen molar-refractivity contribution < 1.29 is 14.0 Å². The van der Waals surface area contributed by atoms with Crippen LogP contribution in [0.5, 0.6) is 11.5 Å². The monoisotopic (exact) mass is 367 g/mol. The largest absolute Gasteiger partial charge is 0.490 e. The molecule has 0 unspecified atom stereocenters. The van der Waals surface area contributed by atoms with Gasteiger partial charge in [-0.3, -0.25) is 0 Å². The molecule has 0 fully saturated rings. The Morgan fingerprint density at radius 1 is 1.00 bits per heavy atom. The van der Waals surface area contributed by atoms with Crippen LogP contribution in [0.3, 0.4) is 0 Å². The molecule has 6 nitrogen and oxygen atoms in total. The van der Waals surface area contributed by atoms with E-state index < -0.39 is 0 Å². The molecular formula is C21H25N3O3. The van der Waals surface area contributed by atoms with Crippen LogP contribution >= 0.6 is 0 Å². The van der Waals surface area contributed by atoms with E-state index in [-0.39, 0.29) is 0 Å². The van der Waals surface area contributed by atoms with E-state index in [0.717, 1.165) is 35.7 Å². The van der Waals surface area contributed by atoms with Gasteiger partial charge in [0, 0.05) is 19.5 Å². The van der Waals surface area contributed by atoms with Gasteiger partial charge in [0.2, 0.25) is 5.89 Å². The number of nitrogens with zero attached hydrogens (tertiary/aromatic N) is 2. The summed E-state index contributed by atoms with van der Waals surface area (Å²) in [6.07, 6.45) is 0.706. The van der Waals surface area contributed by atoms with Gasteiger partial charge >= 0.3 is 0 Å². The lowest BCUT2D eigenvalue weighted by atomic mass is 10.2. The molecule has 0 bridgehead atoms. The van der Waals surface area contributed by atoms with E-state index >= 15 is 0 Å². The summed E-state index contributed by atoms with van der Waals surface area (Å²) in [7, 11) is 0. The van der Waals surface area contributed by atoms with Crippen molar-refractivity contribution in [1.82, 2.24) is 15.5 Å². The number of hydrogen-bond donors (Lipinski definition) is 1. The fourth-order valence-electron chi connectivity index (χ4n) is 2.65. The first-order valence-electron chi connectivity index (χ1n) is 9.17. The average molecular weight is 367 g/mol. The molecule has 6 heteroatoms. The molecule has 0 radical (unpaired) electrons. The second-order valence-corrected chi connectivity index (χ2v) is 6.15. The standard InChI is InChI=1S/C21H25N3O3/c1-3-25-20-13-18(14-22-12-11-21-23-16(2)24-27-21)9-10-19(20)26-15-17-7-5-4-6-8-17/h4-10,13,22H,3,11-12,14-15H2,1-2H3. The van der Waals surface area contributed by atoms with E-state index in [4.69, 9.17) is 14.0 Å². The summed E-state index contributed by atoms with van der Waals surface area (Å²) in [6.45, 7) is 6.39. The number of hydrogen-bond acceptors (Lipinski definition) is 6. The smallest absolute Gasteiger partial charge is 0.227 e. The first-order valence-corrected chi connectivity index (χ1v) is 9.17. The van der Waals surface area contributed by atoms with Crippen molar-refractivity contribution >= 4 is 0 Å². The van der Waals surface area contributed by atoms with E-state index in [1.54, 1.807) is 0 Å². The van der Waals surface area contributed by atoms with Gasteiger partial charge in [0.15, 0.2) is 17.3 Å². The zero-order valence-corrected chi connectivity index (χ0v) is 15.8. The minimum absolute atomic E-state index is 0.516. The van der Waals surface area contributed by atoms with Crippen LogP contribution < -0.4 is 14.8 Å². The maximum Gasteiger partial charge on any atom is 0.227 e.